The van der Waals surface area contributed by atoms with E-state index in [1.165, 1.54) is 85.5 Å². The van der Waals surface area contributed by atoms with E-state index in [0.717, 1.165) is 22.8 Å². The van der Waals surface area contributed by atoms with E-state index in [0.29, 0.717) is 0 Å². The van der Waals surface area contributed by atoms with Crippen molar-refractivity contribution in [3.63, 3.8) is 0 Å². The lowest BCUT2D eigenvalue weighted by atomic mass is 10.1. The molecule has 0 radical (unpaired) electrons. The van der Waals surface area contributed by atoms with Crippen LogP contribution in [0.3, 0.4) is 0 Å². The topological polar surface area (TPSA) is 38.1 Å². The summed E-state index contributed by atoms with van der Waals surface area (Å²) in [6, 6.07) is 35.5. The predicted octanol–water partition coefficient (Wildman–Crippen LogP) is 8.21. The van der Waals surface area contributed by atoms with E-state index in [9.17, 15) is 0 Å². The highest BCUT2D eigenvalue weighted by molar-refractivity contribution is 5.75. The molecule has 0 spiro atoms. The van der Waals surface area contributed by atoms with Crippen molar-refractivity contribution in [1.29, 1.82) is 0 Å². The van der Waals surface area contributed by atoms with Crippen molar-refractivity contribution in [3.05, 3.63) is 97.1 Å². The van der Waals surface area contributed by atoms with Crippen LogP contribution in [0.4, 0.5) is 11.4 Å². The molecule has 0 amide bonds. The predicted molar refractivity (Wildman–Crippen MR) is 160 cm³/mol. The standard InChI is InChI=1S/C34H34N4/c1-2-21-37(20-1)29-12-8-25(9-13-29)31-16-18-33(35-31)27-6-5-7-28(24-27)34-19-17-32(36-34)26-10-14-30(15-11-26)38-22-3-4-23-38/h5-19,24,35-36H,1-4,20-23H2. The molecule has 2 saturated heterocycles. The second-order valence-corrected chi connectivity index (χ2v) is 10.6. The Labute approximate surface area is 225 Å². The smallest absolute Gasteiger partial charge is 0.0458 e. The van der Waals surface area contributed by atoms with Crippen LogP contribution in [0.15, 0.2) is 97.1 Å². The fourth-order valence-corrected chi connectivity index (χ4v) is 5.97. The molecule has 4 heterocycles. The maximum Gasteiger partial charge on any atom is 0.0458 e. The molecular formula is C34H34N4. The van der Waals surface area contributed by atoms with Crippen LogP contribution in [0.25, 0.3) is 45.0 Å². The van der Waals surface area contributed by atoms with Crippen molar-refractivity contribution < 1.29 is 0 Å². The Bertz CT molecular complexity index is 1400. The highest BCUT2D eigenvalue weighted by Crippen LogP contribution is 2.31. The summed E-state index contributed by atoms with van der Waals surface area (Å²) < 4.78 is 0. The average molecular weight is 499 g/mol. The number of hydrogen-bond acceptors (Lipinski definition) is 2. The molecule has 0 atom stereocenters. The quantitative estimate of drug-likeness (QED) is 0.248. The minimum atomic E-state index is 1.13. The normalized spacial score (nSPS) is 15.5. The summed E-state index contributed by atoms with van der Waals surface area (Å²) in [5.41, 5.74) is 12.1. The van der Waals surface area contributed by atoms with Gasteiger partial charge in [0.25, 0.3) is 0 Å². The Hall–Kier alpha value is -4.18. The number of rotatable bonds is 6. The highest BCUT2D eigenvalue weighted by atomic mass is 15.1. The highest BCUT2D eigenvalue weighted by Gasteiger charge is 2.14. The number of H-pyrrole nitrogens is 2. The number of hydrogen-bond donors (Lipinski definition) is 2. The molecule has 4 nitrogen and oxygen atoms in total. The van der Waals surface area contributed by atoms with Crippen LogP contribution < -0.4 is 9.80 Å². The fourth-order valence-electron chi connectivity index (χ4n) is 5.97. The molecule has 2 fully saturated rings. The molecule has 2 N–H and O–H groups in total. The van der Waals surface area contributed by atoms with E-state index >= 15 is 0 Å². The second kappa shape index (κ2) is 9.94. The molecule has 0 unspecified atom stereocenters. The van der Waals surface area contributed by atoms with E-state index in [1.54, 1.807) is 0 Å². The summed E-state index contributed by atoms with van der Waals surface area (Å²) in [7, 11) is 0. The zero-order chi connectivity index (χ0) is 25.3. The van der Waals surface area contributed by atoms with Gasteiger partial charge in [0.05, 0.1) is 0 Å². The van der Waals surface area contributed by atoms with Crippen molar-refractivity contribution in [1.82, 2.24) is 9.97 Å². The van der Waals surface area contributed by atoms with Gasteiger partial charge in [0.1, 0.15) is 0 Å². The van der Waals surface area contributed by atoms with Gasteiger partial charge in [-0.1, -0.05) is 42.5 Å². The minimum Gasteiger partial charge on any atom is -0.372 e. The molecule has 7 rings (SSSR count). The van der Waals surface area contributed by atoms with Gasteiger partial charge in [0.15, 0.2) is 0 Å². The van der Waals surface area contributed by atoms with Crippen LogP contribution in [0.5, 0.6) is 0 Å². The van der Waals surface area contributed by atoms with E-state index in [-0.39, 0.29) is 0 Å². The van der Waals surface area contributed by atoms with Gasteiger partial charge in [-0.2, -0.15) is 0 Å². The molecule has 38 heavy (non-hydrogen) atoms. The van der Waals surface area contributed by atoms with E-state index in [1.807, 2.05) is 0 Å². The maximum absolute atomic E-state index is 3.65. The summed E-state index contributed by atoms with van der Waals surface area (Å²) in [6.45, 7) is 4.71. The number of aromatic amines is 2. The molecule has 0 saturated carbocycles. The zero-order valence-corrected chi connectivity index (χ0v) is 21.8. The second-order valence-electron chi connectivity index (χ2n) is 10.6. The Kier molecular flexibility index (Phi) is 6.01. The van der Waals surface area contributed by atoms with E-state index in [2.05, 4.69) is 117 Å². The average Bonchev–Trinajstić information content (AvgIpc) is 3.80. The lowest BCUT2D eigenvalue weighted by Gasteiger charge is -2.17. The maximum atomic E-state index is 3.65. The molecule has 5 aromatic rings. The van der Waals surface area contributed by atoms with Crippen LogP contribution in [0.2, 0.25) is 0 Å². The largest absolute Gasteiger partial charge is 0.372 e. The lowest BCUT2D eigenvalue weighted by molar-refractivity contribution is 0.949. The van der Waals surface area contributed by atoms with E-state index < -0.39 is 0 Å². The van der Waals surface area contributed by atoms with Gasteiger partial charge in [0, 0.05) is 60.3 Å². The molecule has 4 heteroatoms. The number of aromatic nitrogens is 2. The third-order valence-electron chi connectivity index (χ3n) is 8.16. The van der Waals surface area contributed by atoms with Gasteiger partial charge in [-0.25, -0.2) is 0 Å². The number of benzene rings is 3. The summed E-state index contributed by atoms with van der Waals surface area (Å²) in [5, 5.41) is 0. The third kappa shape index (κ3) is 4.51. The monoisotopic (exact) mass is 498 g/mol. The number of anilines is 2. The number of nitrogens with one attached hydrogen (secondary N) is 2. The van der Waals surface area contributed by atoms with Gasteiger partial charge >= 0.3 is 0 Å². The Morgan fingerprint density at radius 2 is 0.763 bits per heavy atom. The van der Waals surface area contributed by atoms with Crippen molar-refractivity contribution in [2.45, 2.75) is 25.7 Å². The van der Waals surface area contributed by atoms with Gasteiger partial charge in [-0.3, -0.25) is 0 Å². The van der Waals surface area contributed by atoms with Crippen LogP contribution in [0, 0.1) is 0 Å². The van der Waals surface area contributed by atoms with Crippen molar-refractivity contribution in [2.75, 3.05) is 36.0 Å². The fraction of sp³-hybridized carbons (Fsp3) is 0.235. The molecule has 0 aliphatic carbocycles. The molecule has 2 aromatic heterocycles. The van der Waals surface area contributed by atoms with Crippen molar-refractivity contribution in [3.8, 4) is 45.0 Å². The first-order valence-corrected chi connectivity index (χ1v) is 14.0. The molecule has 0 bridgehead atoms. The molecular weight excluding hydrogens is 464 g/mol. The first-order valence-electron chi connectivity index (χ1n) is 14.0. The lowest BCUT2D eigenvalue weighted by Crippen LogP contribution is -2.17. The van der Waals surface area contributed by atoms with Gasteiger partial charge in [-0.15, -0.1) is 0 Å². The first-order chi connectivity index (χ1) is 18.8. The third-order valence-corrected chi connectivity index (χ3v) is 8.16. The SMILES string of the molecule is c1cc(-c2ccc(-c3ccc(N4CCCC4)cc3)[nH]2)cc(-c2ccc(-c3ccc(N4CCCC4)cc3)[nH]2)c1. The Morgan fingerprint density at radius 3 is 1.16 bits per heavy atom. The first kappa shape index (κ1) is 23.0. The summed E-state index contributed by atoms with van der Waals surface area (Å²) in [6.07, 6.45) is 5.21. The van der Waals surface area contributed by atoms with Gasteiger partial charge < -0.3 is 19.8 Å². The molecule has 190 valence electrons. The molecule has 3 aromatic carbocycles. The minimum absolute atomic E-state index is 1.13. The van der Waals surface area contributed by atoms with Crippen molar-refractivity contribution >= 4 is 11.4 Å². The van der Waals surface area contributed by atoms with Crippen LogP contribution >= 0.6 is 0 Å². The molecule has 2 aliphatic heterocycles. The van der Waals surface area contributed by atoms with Crippen LogP contribution in [-0.4, -0.2) is 36.1 Å². The summed E-state index contributed by atoms with van der Waals surface area (Å²) >= 11 is 0. The van der Waals surface area contributed by atoms with Crippen molar-refractivity contribution in [2.24, 2.45) is 0 Å². The number of nitrogens with zero attached hydrogens (tertiary/aromatic N) is 2. The van der Waals surface area contributed by atoms with Gasteiger partial charge in [0.2, 0.25) is 0 Å². The van der Waals surface area contributed by atoms with Crippen LogP contribution in [0.1, 0.15) is 25.7 Å². The van der Waals surface area contributed by atoms with E-state index in [4.69, 9.17) is 0 Å². The molecule has 2 aliphatic rings. The summed E-state index contributed by atoms with van der Waals surface area (Å²) in [4.78, 5) is 12.2. The van der Waals surface area contributed by atoms with Crippen LogP contribution in [-0.2, 0) is 0 Å². The Balaban J connectivity index is 1.09. The zero-order valence-electron chi connectivity index (χ0n) is 21.8. The Morgan fingerprint density at radius 1 is 0.395 bits per heavy atom. The summed E-state index contributed by atoms with van der Waals surface area (Å²) in [5.74, 6) is 0. The van der Waals surface area contributed by atoms with Gasteiger partial charge in [-0.05, 0) is 103 Å².